The van der Waals surface area contributed by atoms with Crippen LogP contribution in [0.25, 0.3) is 28.3 Å². The Morgan fingerprint density at radius 2 is 1.55 bits per heavy atom. The Bertz CT molecular complexity index is 1110. The summed E-state index contributed by atoms with van der Waals surface area (Å²) < 4.78 is 16.7. The number of tetrazole rings is 1. The summed E-state index contributed by atoms with van der Waals surface area (Å²) in [7, 11) is 4.85. The molecule has 0 aliphatic heterocycles. The minimum Gasteiger partial charge on any atom is -0.496 e. The van der Waals surface area contributed by atoms with Gasteiger partial charge in [0.2, 0.25) is 5.82 Å². The first-order chi connectivity index (χ1) is 14.2. The highest BCUT2D eigenvalue weighted by Crippen LogP contribution is 2.43. The van der Waals surface area contributed by atoms with Crippen molar-refractivity contribution >= 4 is 0 Å². The largest absolute Gasteiger partial charge is 0.496 e. The van der Waals surface area contributed by atoms with Gasteiger partial charge in [-0.3, -0.25) is 4.98 Å². The molecule has 0 spiro atoms. The summed E-state index contributed by atoms with van der Waals surface area (Å²) >= 11 is 0. The predicted octanol–water partition coefficient (Wildman–Crippen LogP) is 3.42. The van der Waals surface area contributed by atoms with E-state index in [1.54, 1.807) is 27.5 Å². The maximum absolute atomic E-state index is 5.64. The maximum atomic E-state index is 5.64. The van der Waals surface area contributed by atoms with E-state index >= 15 is 0 Å². The van der Waals surface area contributed by atoms with E-state index in [1.165, 1.54) is 4.80 Å². The summed E-state index contributed by atoms with van der Waals surface area (Å²) in [5.41, 5.74) is 2.99. The molecule has 2 aromatic heterocycles. The molecule has 4 aromatic rings. The quantitative estimate of drug-likeness (QED) is 0.499. The van der Waals surface area contributed by atoms with Gasteiger partial charge in [-0.05, 0) is 41.6 Å². The van der Waals surface area contributed by atoms with Crippen LogP contribution < -0.4 is 14.2 Å². The van der Waals surface area contributed by atoms with Crippen LogP contribution in [0.3, 0.4) is 0 Å². The molecule has 8 heteroatoms. The maximum Gasteiger partial charge on any atom is 0.223 e. The Labute approximate surface area is 167 Å². The lowest BCUT2D eigenvalue weighted by atomic mass is 10.0. The number of hydrogen-bond donors (Lipinski definition) is 0. The lowest BCUT2D eigenvalue weighted by molar-refractivity contribution is 0.394. The molecule has 0 atom stereocenters. The number of benzene rings is 2. The van der Waals surface area contributed by atoms with Crippen LogP contribution >= 0.6 is 0 Å². The molecule has 0 fully saturated rings. The molecule has 0 bridgehead atoms. The molecule has 29 heavy (non-hydrogen) atoms. The van der Waals surface area contributed by atoms with Crippen molar-refractivity contribution in [1.29, 1.82) is 0 Å². The van der Waals surface area contributed by atoms with E-state index in [9.17, 15) is 0 Å². The minimum atomic E-state index is 0.444. The number of ether oxygens (including phenoxy) is 3. The van der Waals surface area contributed by atoms with Gasteiger partial charge in [-0.25, -0.2) is 0 Å². The fourth-order valence-electron chi connectivity index (χ4n) is 3.05. The zero-order valence-electron chi connectivity index (χ0n) is 16.2. The first-order valence-corrected chi connectivity index (χ1v) is 8.86. The molecule has 0 unspecified atom stereocenters. The fourth-order valence-corrected chi connectivity index (χ4v) is 3.05. The van der Waals surface area contributed by atoms with Crippen molar-refractivity contribution < 1.29 is 14.2 Å². The molecular formula is C21H19N5O3. The van der Waals surface area contributed by atoms with Crippen molar-refractivity contribution in [3.8, 4) is 45.6 Å². The number of pyridine rings is 1. The van der Waals surface area contributed by atoms with Crippen LogP contribution in [0, 0.1) is 0 Å². The molecule has 2 heterocycles. The summed E-state index contributed by atoms with van der Waals surface area (Å²) in [6.07, 6.45) is 1.69. The van der Waals surface area contributed by atoms with Gasteiger partial charge < -0.3 is 14.2 Å². The zero-order valence-corrected chi connectivity index (χ0v) is 16.2. The molecule has 0 aliphatic rings. The standard InChI is InChI=1S/C21H19N5O3/c1-27-17-8-6-9-18(28-2)20(17)15-11-10-14(13-19(15)29-3)26-24-21(23-25-26)16-7-4-5-12-22-16/h4-13H,1-3H3. The molecular weight excluding hydrogens is 370 g/mol. The van der Waals surface area contributed by atoms with Gasteiger partial charge in [-0.15, -0.1) is 15.0 Å². The molecule has 0 aliphatic carbocycles. The van der Waals surface area contributed by atoms with E-state index < -0.39 is 0 Å². The number of aromatic nitrogens is 5. The first kappa shape index (κ1) is 18.4. The third-order valence-corrected chi connectivity index (χ3v) is 4.42. The van der Waals surface area contributed by atoms with Crippen LogP contribution in [0.1, 0.15) is 0 Å². The van der Waals surface area contributed by atoms with Gasteiger partial charge in [0.1, 0.15) is 22.9 Å². The zero-order chi connectivity index (χ0) is 20.2. The molecule has 0 saturated carbocycles. The Kier molecular flexibility index (Phi) is 5.07. The molecule has 4 rings (SSSR count). The molecule has 146 valence electrons. The Balaban J connectivity index is 1.77. The summed E-state index contributed by atoms with van der Waals surface area (Å²) in [6.45, 7) is 0. The highest BCUT2D eigenvalue weighted by atomic mass is 16.5. The van der Waals surface area contributed by atoms with E-state index in [4.69, 9.17) is 14.2 Å². The summed E-state index contributed by atoms with van der Waals surface area (Å²) in [6, 6.07) is 16.8. The summed E-state index contributed by atoms with van der Waals surface area (Å²) in [4.78, 5) is 5.69. The smallest absolute Gasteiger partial charge is 0.223 e. The number of methoxy groups -OCH3 is 3. The molecule has 0 saturated heterocycles. The topological polar surface area (TPSA) is 84.2 Å². The highest BCUT2D eigenvalue weighted by molar-refractivity contribution is 5.82. The van der Waals surface area contributed by atoms with Gasteiger partial charge in [0.25, 0.3) is 0 Å². The second-order valence-corrected chi connectivity index (χ2v) is 6.04. The predicted molar refractivity (Wildman–Crippen MR) is 107 cm³/mol. The number of nitrogens with zero attached hydrogens (tertiary/aromatic N) is 5. The van der Waals surface area contributed by atoms with Gasteiger partial charge in [0.05, 0.1) is 32.6 Å². The van der Waals surface area contributed by atoms with Crippen LogP contribution in [-0.2, 0) is 0 Å². The van der Waals surface area contributed by atoms with Crippen molar-refractivity contribution in [1.82, 2.24) is 25.2 Å². The van der Waals surface area contributed by atoms with Gasteiger partial charge in [-0.1, -0.05) is 12.1 Å². The molecule has 2 aromatic carbocycles. The molecule has 0 radical (unpaired) electrons. The van der Waals surface area contributed by atoms with Gasteiger partial charge >= 0.3 is 0 Å². The molecule has 0 N–H and O–H groups in total. The summed E-state index contributed by atoms with van der Waals surface area (Å²) in [5.74, 6) is 2.44. The highest BCUT2D eigenvalue weighted by Gasteiger charge is 2.18. The van der Waals surface area contributed by atoms with Crippen molar-refractivity contribution in [2.45, 2.75) is 0 Å². The lowest BCUT2D eigenvalue weighted by Crippen LogP contribution is -2.01. The fraction of sp³-hybridized carbons (Fsp3) is 0.143. The van der Waals surface area contributed by atoms with E-state index in [2.05, 4.69) is 20.4 Å². The van der Waals surface area contributed by atoms with E-state index in [0.29, 0.717) is 34.5 Å². The molecule has 8 nitrogen and oxygen atoms in total. The average Bonchev–Trinajstić information content (AvgIpc) is 3.29. The van der Waals surface area contributed by atoms with Gasteiger partial charge in [-0.2, -0.15) is 0 Å². The minimum absolute atomic E-state index is 0.444. The monoisotopic (exact) mass is 389 g/mol. The van der Waals surface area contributed by atoms with Crippen molar-refractivity contribution in [2.75, 3.05) is 21.3 Å². The average molecular weight is 389 g/mol. The van der Waals surface area contributed by atoms with E-state index in [1.807, 2.05) is 54.6 Å². The Morgan fingerprint density at radius 3 is 2.21 bits per heavy atom. The second kappa shape index (κ2) is 7.97. The van der Waals surface area contributed by atoms with Crippen molar-refractivity contribution in [2.24, 2.45) is 0 Å². The van der Waals surface area contributed by atoms with Crippen LogP contribution in [0.4, 0.5) is 0 Å². The second-order valence-electron chi connectivity index (χ2n) is 6.04. The van der Waals surface area contributed by atoms with Crippen molar-refractivity contribution in [3.63, 3.8) is 0 Å². The molecule has 0 amide bonds. The number of hydrogen-bond acceptors (Lipinski definition) is 7. The Hall–Kier alpha value is -3.94. The lowest BCUT2D eigenvalue weighted by Gasteiger charge is -2.16. The normalized spacial score (nSPS) is 10.6. The van der Waals surface area contributed by atoms with E-state index in [-0.39, 0.29) is 0 Å². The third-order valence-electron chi connectivity index (χ3n) is 4.42. The summed E-state index contributed by atoms with van der Waals surface area (Å²) in [5, 5.41) is 12.7. The third kappa shape index (κ3) is 3.47. The van der Waals surface area contributed by atoms with Crippen LogP contribution in [0.5, 0.6) is 17.2 Å². The van der Waals surface area contributed by atoms with Crippen LogP contribution in [0.15, 0.2) is 60.8 Å². The number of rotatable bonds is 6. The van der Waals surface area contributed by atoms with Gasteiger partial charge in [0.15, 0.2) is 0 Å². The Morgan fingerprint density at radius 1 is 0.793 bits per heavy atom. The van der Waals surface area contributed by atoms with Crippen molar-refractivity contribution in [3.05, 3.63) is 60.8 Å². The van der Waals surface area contributed by atoms with Crippen LogP contribution in [-0.4, -0.2) is 46.5 Å². The first-order valence-electron chi connectivity index (χ1n) is 8.86. The SMILES string of the molecule is COc1cc(-n2nnc(-c3ccccn3)n2)ccc1-c1c(OC)cccc1OC. The van der Waals surface area contributed by atoms with E-state index in [0.717, 1.165) is 11.1 Å². The van der Waals surface area contributed by atoms with Gasteiger partial charge in [0, 0.05) is 17.8 Å². The van der Waals surface area contributed by atoms with Crippen LogP contribution in [0.2, 0.25) is 0 Å².